The molecule has 0 atom stereocenters. The van der Waals surface area contributed by atoms with Crippen molar-refractivity contribution in [2.45, 2.75) is 47.0 Å². The molecule has 0 saturated heterocycles. The first-order valence-corrected chi connectivity index (χ1v) is 6.15. The molecule has 0 unspecified atom stereocenters. The van der Waals surface area contributed by atoms with Gasteiger partial charge in [-0.1, -0.05) is 25.5 Å². The van der Waals surface area contributed by atoms with Gasteiger partial charge in [0.15, 0.2) is 0 Å². The van der Waals surface area contributed by atoms with Gasteiger partial charge >= 0.3 is 0 Å². The highest BCUT2D eigenvalue weighted by atomic mass is 16.5. The van der Waals surface area contributed by atoms with Crippen LogP contribution in [0.15, 0.2) is 22.8 Å². The number of hydrogen-bond acceptors (Lipinski definition) is 1. The Balaban J connectivity index is 2.82. The van der Waals surface area contributed by atoms with Crippen molar-refractivity contribution in [3.05, 3.63) is 22.8 Å². The fourth-order valence-corrected chi connectivity index (χ4v) is 2.33. The average molecular weight is 208 g/mol. The fourth-order valence-electron chi connectivity index (χ4n) is 2.33. The second kappa shape index (κ2) is 6.12. The first-order valence-electron chi connectivity index (χ1n) is 6.15. The zero-order valence-corrected chi connectivity index (χ0v) is 10.6. The third-order valence-corrected chi connectivity index (χ3v) is 3.63. The van der Waals surface area contributed by atoms with Crippen LogP contribution < -0.4 is 0 Å². The molecule has 0 aromatic carbocycles. The molecule has 1 rings (SSSR count). The molecule has 0 aliphatic carbocycles. The Kier molecular flexibility index (Phi) is 5.10. The Labute approximate surface area is 94.2 Å². The number of rotatable bonds is 4. The van der Waals surface area contributed by atoms with Crippen LogP contribution in [-0.4, -0.2) is 13.2 Å². The lowest BCUT2D eigenvalue weighted by Crippen LogP contribution is -2.08. The van der Waals surface area contributed by atoms with Gasteiger partial charge in [-0.05, 0) is 50.2 Å². The van der Waals surface area contributed by atoms with Gasteiger partial charge in [0.25, 0.3) is 0 Å². The van der Waals surface area contributed by atoms with Gasteiger partial charge in [0.1, 0.15) is 0 Å². The molecule has 1 heteroatoms. The van der Waals surface area contributed by atoms with Crippen molar-refractivity contribution in [2.75, 3.05) is 13.2 Å². The zero-order valence-electron chi connectivity index (χ0n) is 10.6. The van der Waals surface area contributed by atoms with Crippen molar-refractivity contribution >= 4 is 0 Å². The first-order chi connectivity index (χ1) is 7.20. The van der Waals surface area contributed by atoms with Crippen molar-refractivity contribution in [3.63, 3.8) is 0 Å². The minimum absolute atomic E-state index is 0.758. The summed E-state index contributed by atoms with van der Waals surface area (Å²) in [6.07, 6.45) is 5.83. The van der Waals surface area contributed by atoms with Gasteiger partial charge < -0.3 is 4.74 Å². The summed E-state index contributed by atoms with van der Waals surface area (Å²) in [5.74, 6) is 0.758. The highest BCUT2D eigenvalue weighted by Gasteiger charge is 2.12. The summed E-state index contributed by atoms with van der Waals surface area (Å²) in [5, 5.41) is 0. The van der Waals surface area contributed by atoms with Crippen LogP contribution in [0.2, 0.25) is 0 Å². The fraction of sp³-hybridized carbons (Fsp3) is 0.714. The van der Waals surface area contributed by atoms with Crippen molar-refractivity contribution in [1.82, 2.24) is 0 Å². The smallest absolute Gasteiger partial charge is 0.0653 e. The predicted molar refractivity (Wildman–Crippen MR) is 66.0 cm³/mol. The van der Waals surface area contributed by atoms with Gasteiger partial charge in [-0.2, -0.15) is 0 Å². The van der Waals surface area contributed by atoms with E-state index in [4.69, 9.17) is 4.74 Å². The Hall–Kier alpha value is -0.560. The molecule has 1 nitrogen and oxygen atoms in total. The minimum atomic E-state index is 0.758. The summed E-state index contributed by atoms with van der Waals surface area (Å²) in [6, 6.07) is 0. The van der Waals surface area contributed by atoms with Crippen LogP contribution in [0.5, 0.6) is 0 Å². The van der Waals surface area contributed by atoms with Gasteiger partial charge in [0, 0.05) is 0 Å². The second-order valence-corrected chi connectivity index (χ2v) is 4.38. The van der Waals surface area contributed by atoms with E-state index in [2.05, 4.69) is 33.8 Å². The number of ether oxygens (including phenoxy) is 1. The van der Waals surface area contributed by atoms with E-state index in [9.17, 15) is 0 Å². The number of allylic oxidation sites excluding steroid dienone is 2. The van der Waals surface area contributed by atoms with E-state index in [0.717, 1.165) is 25.6 Å². The van der Waals surface area contributed by atoms with Crippen LogP contribution in [0.25, 0.3) is 0 Å². The van der Waals surface area contributed by atoms with E-state index < -0.39 is 0 Å². The van der Waals surface area contributed by atoms with Crippen LogP contribution in [0.3, 0.4) is 0 Å². The predicted octanol–water partition coefficient (Wildman–Crippen LogP) is 4.11. The molecule has 0 N–H and O–H groups in total. The summed E-state index contributed by atoms with van der Waals surface area (Å²) in [4.78, 5) is 0. The van der Waals surface area contributed by atoms with Gasteiger partial charge in [0.2, 0.25) is 0 Å². The summed E-state index contributed by atoms with van der Waals surface area (Å²) < 4.78 is 5.34. The largest absolute Gasteiger partial charge is 0.377 e. The van der Waals surface area contributed by atoms with Gasteiger partial charge in [0.05, 0.1) is 13.2 Å². The highest BCUT2D eigenvalue weighted by Crippen LogP contribution is 2.27. The maximum Gasteiger partial charge on any atom is 0.0653 e. The minimum Gasteiger partial charge on any atom is -0.377 e. The molecular weight excluding hydrogens is 184 g/mol. The van der Waals surface area contributed by atoms with E-state index in [0.29, 0.717) is 0 Å². The van der Waals surface area contributed by atoms with Crippen molar-refractivity contribution < 1.29 is 4.74 Å². The molecule has 86 valence electrons. The van der Waals surface area contributed by atoms with Crippen molar-refractivity contribution in [3.8, 4) is 0 Å². The molecule has 1 aliphatic rings. The summed E-state index contributed by atoms with van der Waals surface area (Å²) in [5.41, 5.74) is 4.59. The molecule has 0 aromatic rings. The maximum absolute atomic E-state index is 5.34. The Morgan fingerprint density at radius 3 is 2.47 bits per heavy atom. The topological polar surface area (TPSA) is 9.23 Å². The standard InChI is InChI=1S/C14H24O/c1-5-13(6-2)11(3)12(4)14-7-9-15-10-8-14/h7,13H,5-6,8-10H2,1-4H3. The third kappa shape index (κ3) is 3.20. The third-order valence-electron chi connectivity index (χ3n) is 3.63. The van der Waals surface area contributed by atoms with Gasteiger partial charge in [-0.25, -0.2) is 0 Å². The Morgan fingerprint density at radius 2 is 2.00 bits per heavy atom. The Morgan fingerprint density at radius 1 is 1.33 bits per heavy atom. The molecule has 0 spiro atoms. The molecular formula is C14H24O. The molecule has 1 heterocycles. The van der Waals surface area contributed by atoms with Gasteiger partial charge in [-0.3, -0.25) is 0 Å². The quantitative estimate of drug-likeness (QED) is 0.675. The summed E-state index contributed by atoms with van der Waals surface area (Å²) in [6.45, 7) is 10.8. The maximum atomic E-state index is 5.34. The monoisotopic (exact) mass is 208 g/mol. The molecule has 0 fully saturated rings. The zero-order chi connectivity index (χ0) is 11.3. The molecule has 1 aliphatic heterocycles. The van der Waals surface area contributed by atoms with E-state index in [1.54, 1.807) is 5.57 Å². The van der Waals surface area contributed by atoms with E-state index in [1.807, 2.05) is 0 Å². The van der Waals surface area contributed by atoms with E-state index in [1.165, 1.54) is 24.0 Å². The normalized spacial score (nSPS) is 18.9. The van der Waals surface area contributed by atoms with Crippen LogP contribution in [0.4, 0.5) is 0 Å². The average Bonchev–Trinajstić information content (AvgIpc) is 2.30. The van der Waals surface area contributed by atoms with Crippen LogP contribution in [-0.2, 0) is 4.74 Å². The lowest BCUT2D eigenvalue weighted by molar-refractivity contribution is 0.155. The van der Waals surface area contributed by atoms with Crippen molar-refractivity contribution in [2.24, 2.45) is 5.92 Å². The summed E-state index contributed by atoms with van der Waals surface area (Å²) >= 11 is 0. The van der Waals surface area contributed by atoms with Crippen LogP contribution >= 0.6 is 0 Å². The molecule has 0 bridgehead atoms. The molecule has 0 aromatic heterocycles. The first kappa shape index (κ1) is 12.5. The lowest BCUT2D eigenvalue weighted by atomic mass is 9.88. The SMILES string of the molecule is CCC(CC)C(C)=C(C)C1=CCOCC1. The Bertz CT molecular complexity index is 257. The van der Waals surface area contributed by atoms with Crippen LogP contribution in [0.1, 0.15) is 47.0 Å². The van der Waals surface area contributed by atoms with Crippen molar-refractivity contribution in [1.29, 1.82) is 0 Å². The number of hydrogen-bond donors (Lipinski definition) is 0. The van der Waals surface area contributed by atoms with E-state index in [-0.39, 0.29) is 0 Å². The van der Waals surface area contributed by atoms with E-state index >= 15 is 0 Å². The second-order valence-electron chi connectivity index (χ2n) is 4.38. The molecule has 0 amide bonds. The van der Waals surface area contributed by atoms with Crippen LogP contribution in [0, 0.1) is 5.92 Å². The molecule has 15 heavy (non-hydrogen) atoms. The van der Waals surface area contributed by atoms with Gasteiger partial charge in [-0.15, -0.1) is 0 Å². The summed E-state index contributed by atoms with van der Waals surface area (Å²) in [7, 11) is 0. The highest BCUT2D eigenvalue weighted by molar-refractivity contribution is 5.34. The molecule has 0 saturated carbocycles. The molecule has 0 radical (unpaired) electrons. The lowest BCUT2D eigenvalue weighted by Gasteiger charge is -2.21.